The van der Waals surface area contributed by atoms with E-state index in [-0.39, 0.29) is 18.1 Å². The first-order valence-electron chi connectivity index (χ1n) is 8.07. The first-order valence-corrected chi connectivity index (χ1v) is 8.07. The van der Waals surface area contributed by atoms with E-state index in [1.807, 2.05) is 17.0 Å². The number of carbonyl (C=O) groups excluding carboxylic acids is 1. The van der Waals surface area contributed by atoms with Crippen molar-refractivity contribution in [3.8, 4) is 0 Å². The lowest BCUT2D eigenvalue weighted by Crippen LogP contribution is -2.51. The Bertz CT molecular complexity index is 482. The zero-order chi connectivity index (χ0) is 15.4. The average Bonchev–Trinajstić information content (AvgIpc) is 2.57. The monoisotopic (exact) mass is 304 g/mol. The second kappa shape index (κ2) is 7.17. The first kappa shape index (κ1) is 15.4. The quantitative estimate of drug-likeness (QED) is 0.823. The molecule has 120 valence electrons. The molecule has 0 spiro atoms. The molecule has 6 heteroatoms. The van der Waals surface area contributed by atoms with Gasteiger partial charge in [0.2, 0.25) is 5.91 Å². The van der Waals surface area contributed by atoms with E-state index in [0.717, 1.165) is 31.7 Å². The molecule has 2 saturated heterocycles. The lowest BCUT2D eigenvalue weighted by Gasteiger charge is -2.38. The van der Waals surface area contributed by atoms with Crippen molar-refractivity contribution in [3.63, 3.8) is 0 Å². The molecule has 2 aliphatic rings. The molecule has 1 aromatic heterocycles. The Morgan fingerprint density at radius 2 is 1.82 bits per heavy atom. The van der Waals surface area contributed by atoms with E-state index < -0.39 is 0 Å². The summed E-state index contributed by atoms with van der Waals surface area (Å²) >= 11 is 0. The molecule has 0 aliphatic carbocycles. The number of rotatable bonds is 3. The molecule has 2 fully saturated rings. The minimum Gasteiger partial charge on any atom is -0.393 e. The zero-order valence-electron chi connectivity index (χ0n) is 12.8. The van der Waals surface area contributed by atoms with E-state index in [1.165, 1.54) is 0 Å². The van der Waals surface area contributed by atoms with Crippen molar-refractivity contribution in [2.75, 3.05) is 39.3 Å². The molecule has 1 atom stereocenters. The van der Waals surface area contributed by atoms with E-state index >= 15 is 0 Å². The third-order valence-corrected chi connectivity index (χ3v) is 4.55. The predicted molar refractivity (Wildman–Crippen MR) is 83.2 cm³/mol. The smallest absolute Gasteiger partial charge is 0.244 e. The fourth-order valence-corrected chi connectivity index (χ4v) is 3.25. The highest BCUT2D eigenvalue weighted by atomic mass is 16.3. The summed E-state index contributed by atoms with van der Waals surface area (Å²) in [6.45, 7) is 4.85. The summed E-state index contributed by atoms with van der Waals surface area (Å²) in [5.74, 6) is 0.153. The number of pyridine rings is 1. The lowest BCUT2D eigenvalue weighted by molar-refractivity contribution is -0.139. The van der Waals surface area contributed by atoms with Crippen LogP contribution < -0.4 is 5.32 Å². The molecule has 1 aromatic rings. The number of aliphatic hydroxyl groups excluding tert-OH is 1. The molecule has 1 unspecified atom stereocenters. The van der Waals surface area contributed by atoms with Gasteiger partial charge in [0.05, 0.1) is 6.10 Å². The van der Waals surface area contributed by atoms with Gasteiger partial charge < -0.3 is 15.3 Å². The van der Waals surface area contributed by atoms with Crippen LogP contribution in [0.1, 0.15) is 24.4 Å². The zero-order valence-corrected chi connectivity index (χ0v) is 12.8. The number of likely N-dealkylation sites (tertiary alicyclic amines) is 1. The highest BCUT2D eigenvalue weighted by Gasteiger charge is 2.33. The Labute approximate surface area is 131 Å². The van der Waals surface area contributed by atoms with Gasteiger partial charge in [-0.05, 0) is 30.5 Å². The van der Waals surface area contributed by atoms with Gasteiger partial charge in [-0.1, -0.05) is 0 Å². The van der Waals surface area contributed by atoms with E-state index in [0.29, 0.717) is 25.9 Å². The van der Waals surface area contributed by atoms with Crippen molar-refractivity contribution in [1.29, 1.82) is 0 Å². The van der Waals surface area contributed by atoms with Crippen LogP contribution in [0.2, 0.25) is 0 Å². The minimum atomic E-state index is -0.261. The summed E-state index contributed by atoms with van der Waals surface area (Å²) < 4.78 is 0. The van der Waals surface area contributed by atoms with Gasteiger partial charge >= 0.3 is 0 Å². The number of amides is 1. The normalized spacial score (nSPS) is 22.5. The van der Waals surface area contributed by atoms with E-state index in [9.17, 15) is 9.90 Å². The summed E-state index contributed by atoms with van der Waals surface area (Å²) in [7, 11) is 0. The number of hydrogen-bond acceptors (Lipinski definition) is 5. The summed E-state index contributed by atoms with van der Waals surface area (Å²) in [4.78, 5) is 21.3. The highest BCUT2D eigenvalue weighted by molar-refractivity contribution is 5.83. The maximum absolute atomic E-state index is 13.1. The summed E-state index contributed by atoms with van der Waals surface area (Å²) in [5, 5.41) is 13.0. The Morgan fingerprint density at radius 3 is 2.45 bits per heavy atom. The Kier molecular flexibility index (Phi) is 5.02. The fraction of sp³-hybridized carbons (Fsp3) is 0.625. The molecule has 22 heavy (non-hydrogen) atoms. The largest absolute Gasteiger partial charge is 0.393 e. The number of hydrogen-bond donors (Lipinski definition) is 2. The molecule has 2 N–H and O–H groups in total. The van der Waals surface area contributed by atoms with Crippen molar-refractivity contribution in [2.24, 2.45) is 0 Å². The standard InChI is InChI=1S/C16H24N4O2/c21-14-3-9-20(10-4-14)16(22)15(13-1-5-17-6-2-13)19-11-7-18-8-12-19/h1-2,5-6,14-15,18,21H,3-4,7-12H2. The SMILES string of the molecule is O=C(C(c1ccncc1)N1CCNCC1)N1CCC(O)CC1. The van der Waals surface area contributed by atoms with Crippen molar-refractivity contribution in [2.45, 2.75) is 25.0 Å². The van der Waals surface area contributed by atoms with Crippen LogP contribution in [0.3, 0.4) is 0 Å². The van der Waals surface area contributed by atoms with Gasteiger partial charge in [-0.2, -0.15) is 0 Å². The Hall–Kier alpha value is -1.50. The number of nitrogens with one attached hydrogen (secondary N) is 1. The Morgan fingerprint density at radius 1 is 1.18 bits per heavy atom. The predicted octanol–water partition coefficient (Wildman–Crippen LogP) is 0.0112. The Balaban J connectivity index is 1.79. The first-order chi connectivity index (χ1) is 10.8. The molecule has 0 aromatic carbocycles. The molecular weight excluding hydrogens is 280 g/mol. The van der Waals surface area contributed by atoms with Gasteiger partial charge in [-0.3, -0.25) is 14.7 Å². The molecule has 0 radical (unpaired) electrons. The van der Waals surface area contributed by atoms with Gasteiger partial charge in [-0.25, -0.2) is 0 Å². The minimum absolute atomic E-state index is 0.153. The highest BCUT2D eigenvalue weighted by Crippen LogP contribution is 2.25. The average molecular weight is 304 g/mol. The van der Waals surface area contributed by atoms with Crippen molar-refractivity contribution >= 4 is 5.91 Å². The van der Waals surface area contributed by atoms with E-state index in [1.54, 1.807) is 12.4 Å². The molecular formula is C16H24N4O2. The molecule has 2 aliphatic heterocycles. The van der Waals surface area contributed by atoms with Gasteiger partial charge in [0.1, 0.15) is 6.04 Å². The molecule has 3 heterocycles. The molecule has 0 bridgehead atoms. The maximum atomic E-state index is 13.1. The van der Waals surface area contributed by atoms with Crippen LogP contribution in [0.4, 0.5) is 0 Å². The van der Waals surface area contributed by atoms with Gasteiger partial charge in [-0.15, -0.1) is 0 Å². The summed E-state index contributed by atoms with van der Waals surface area (Å²) in [5.41, 5.74) is 1.01. The number of aromatic nitrogens is 1. The van der Waals surface area contributed by atoms with Crippen LogP contribution in [0, 0.1) is 0 Å². The van der Waals surface area contributed by atoms with Crippen LogP contribution in [-0.2, 0) is 4.79 Å². The number of piperidine rings is 1. The fourth-order valence-electron chi connectivity index (χ4n) is 3.25. The van der Waals surface area contributed by atoms with Crippen molar-refractivity contribution in [3.05, 3.63) is 30.1 Å². The van der Waals surface area contributed by atoms with Gasteiger partial charge in [0, 0.05) is 51.7 Å². The van der Waals surface area contributed by atoms with Crippen molar-refractivity contribution in [1.82, 2.24) is 20.1 Å². The number of aliphatic hydroxyl groups is 1. The molecule has 6 nitrogen and oxygen atoms in total. The van der Waals surface area contributed by atoms with Crippen LogP contribution in [0.5, 0.6) is 0 Å². The van der Waals surface area contributed by atoms with Crippen LogP contribution >= 0.6 is 0 Å². The topological polar surface area (TPSA) is 68.7 Å². The van der Waals surface area contributed by atoms with E-state index in [4.69, 9.17) is 0 Å². The molecule has 1 amide bonds. The summed E-state index contributed by atoms with van der Waals surface area (Å²) in [6, 6.07) is 3.63. The third-order valence-electron chi connectivity index (χ3n) is 4.55. The number of piperazine rings is 1. The van der Waals surface area contributed by atoms with Crippen LogP contribution in [-0.4, -0.2) is 71.2 Å². The second-order valence-corrected chi connectivity index (χ2v) is 6.03. The maximum Gasteiger partial charge on any atom is 0.244 e. The second-order valence-electron chi connectivity index (χ2n) is 6.03. The van der Waals surface area contributed by atoms with Gasteiger partial charge in [0.25, 0.3) is 0 Å². The summed E-state index contributed by atoms with van der Waals surface area (Å²) in [6.07, 6.45) is 4.59. The van der Waals surface area contributed by atoms with Crippen molar-refractivity contribution < 1.29 is 9.90 Å². The third kappa shape index (κ3) is 3.45. The number of nitrogens with zero attached hydrogens (tertiary/aromatic N) is 3. The van der Waals surface area contributed by atoms with Gasteiger partial charge in [0.15, 0.2) is 0 Å². The lowest BCUT2D eigenvalue weighted by atomic mass is 10.0. The molecule has 3 rings (SSSR count). The van der Waals surface area contributed by atoms with Crippen LogP contribution in [0.15, 0.2) is 24.5 Å². The number of carbonyl (C=O) groups is 1. The van der Waals surface area contributed by atoms with E-state index in [2.05, 4.69) is 15.2 Å². The van der Waals surface area contributed by atoms with Crippen LogP contribution in [0.25, 0.3) is 0 Å². The molecule has 0 saturated carbocycles.